The standard InChI is InChI=1S/C11H15FN4O2/c1-14-10-9(12)7(4-6-15-10)11(18)16-5-2-3-8(13)17/h4,6H,2-3,5H2,1H3,(H2,13,17)(H,14,15)(H,16,18). The van der Waals surface area contributed by atoms with Gasteiger partial charge in [-0.25, -0.2) is 9.37 Å². The lowest BCUT2D eigenvalue weighted by Crippen LogP contribution is -2.26. The van der Waals surface area contributed by atoms with Crippen LogP contribution in [0.4, 0.5) is 10.2 Å². The highest BCUT2D eigenvalue weighted by Gasteiger charge is 2.14. The van der Waals surface area contributed by atoms with Crippen molar-refractivity contribution >= 4 is 17.6 Å². The number of aromatic nitrogens is 1. The van der Waals surface area contributed by atoms with Gasteiger partial charge in [-0.1, -0.05) is 0 Å². The molecule has 98 valence electrons. The molecule has 0 aromatic carbocycles. The van der Waals surface area contributed by atoms with E-state index in [2.05, 4.69) is 15.6 Å². The third-order valence-electron chi connectivity index (χ3n) is 2.26. The minimum absolute atomic E-state index is 0.0137. The summed E-state index contributed by atoms with van der Waals surface area (Å²) in [5.41, 5.74) is 4.86. The number of carbonyl (C=O) groups excluding carboxylic acids is 2. The van der Waals surface area contributed by atoms with Crippen molar-refractivity contribution in [3.8, 4) is 0 Å². The Morgan fingerprint density at radius 2 is 2.22 bits per heavy atom. The second-order valence-electron chi connectivity index (χ2n) is 3.60. The van der Waals surface area contributed by atoms with Gasteiger partial charge < -0.3 is 16.4 Å². The number of nitrogens with zero attached hydrogens (tertiary/aromatic N) is 1. The average Bonchev–Trinajstić information content (AvgIpc) is 2.34. The predicted molar refractivity (Wildman–Crippen MR) is 64.5 cm³/mol. The molecule has 7 heteroatoms. The summed E-state index contributed by atoms with van der Waals surface area (Å²) in [5, 5.41) is 5.05. The van der Waals surface area contributed by atoms with E-state index in [4.69, 9.17) is 5.73 Å². The molecule has 1 heterocycles. The lowest BCUT2D eigenvalue weighted by atomic mass is 10.2. The second-order valence-corrected chi connectivity index (χ2v) is 3.60. The number of carbonyl (C=O) groups is 2. The Morgan fingerprint density at radius 3 is 2.83 bits per heavy atom. The molecule has 0 aliphatic rings. The fraction of sp³-hybridized carbons (Fsp3) is 0.364. The van der Waals surface area contributed by atoms with E-state index in [-0.39, 0.29) is 24.3 Å². The van der Waals surface area contributed by atoms with E-state index in [0.29, 0.717) is 6.42 Å². The van der Waals surface area contributed by atoms with Crippen molar-refractivity contribution in [2.45, 2.75) is 12.8 Å². The number of anilines is 1. The zero-order valence-electron chi connectivity index (χ0n) is 10.00. The summed E-state index contributed by atoms with van der Waals surface area (Å²) in [6.45, 7) is 0.262. The second kappa shape index (κ2) is 6.53. The molecular weight excluding hydrogens is 239 g/mol. The van der Waals surface area contributed by atoms with E-state index in [1.54, 1.807) is 0 Å². The summed E-state index contributed by atoms with van der Waals surface area (Å²) < 4.78 is 13.7. The van der Waals surface area contributed by atoms with Crippen molar-refractivity contribution in [1.82, 2.24) is 10.3 Å². The maximum absolute atomic E-state index is 13.7. The highest BCUT2D eigenvalue weighted by molar-refractivity contribution is 5.95. The fourth-order valence-corrected chi connectivity index (χ4v) is 1.35. The van der Waals surface area contributed by atoms with Gasteiger partial charge in [-0.3, -0.25) is 9.59 Å². The van der Waals surface area contributed by atoms with Crippen molar-refractivity contribution in [1.29, 1.82) is 0 Å². The quantitative estimate of drug-likeness (QED) is 0.634. The van der Waals surface area contributed by atoms with Crippen LogP contribution in [-0.2, 0) is 4.79 Å². The highest BCUT2D eigenvalue weighted by atomic mass is 19.1. The van der Waals surface area contributed by atoms with Crippen LogP contribution in [0.5, 0.6) is 0 Å². The summed E-state index contributed by atoms with van der Waals surface area (Å²) in [7, 11) is 1.51. The molecule has 4 N–H and O–H groups in total. The van der Waals surface area contributed by atoms with Crippen LogP contribution >= 0.6 is 0 Å². The number of hydrogen-bond donors (Lipinski definition) is 3. The third kappa shape index (κ3) is 3.69. The first kappa shape index (κ1) is 13.9. The zero-order valence-corrected chi connectivity index (χ0v) is 10.00. The summed E-state index contributed by atoms with van der Waals surface area (Å²) in [6.07, 6.45) is 1.95. The van der Waals surface area contributed by atoms with E-state index in [9.17, 15) is 14.0 Å². The van der Waals surface area contributed by atoms with Crippen LogP contribution < -0.4 is 16.4 Å². The number of nitrogens with two attached hydrogens (primary N) is 1. The van der Waals surface area contributed by atoms with E-state index < -0.39 is 17.6 Å². The molecular formula is C11H15FN4O2. The summed E-state index contributed by atoms with van der Waals surface area (Å²) in [5.74, 6) is -1.67. The maximum atomic E-state index is 13.7. The minimum atomic E-state index is -0.701. The Bertz CT molecular complexity index is 451. The third-order valence-corrected chi connectivity index (χ3v) is 2.26. The molecule has 0 bridgehead atoms. The topological polar surface area (TPSA) is 97.1 Å². The van der Waals surface area contributed by atoms with Crippen LogP contribution in [0.3, 0.4) is 0 Å². The number of pyridine rings is 1. The van der Waals surface area contributed by atoms with Gasteiger partial charge in [0.05, 0.1) is 5.56 Å². The fourth-order valence-electron chi connectivity index (χ4n) is 1.35. The van der Waals surface area contributed by atoms with Gasteiger partial charge in [0.15, 0.2) is 11.6 Å². The number of halogens is 1. The van der Waals surface area contributed by atoms with E-state index >= 15 is 0 Å². The molecule has 0 spiro atoms. The number of rotatable bonds is 6. The average molecular weight is 254 g/mol. The van der Waals surface area contributed by atoms with Gasteiger partial charge in [0.25, 0.3) is 5.91 Å². The normalized spacial score (nSPS) is 9.89. The number of nitrogens with one attached hydrogen (secondary N) is 2. The summed E-state index contributed by atoms with van der Waals surface area (Å²) in [6, 6.07) is 1.29. The lowest BCUT2D eigenvalue weighted by molar-refractivity contribution is -0.118. The molecule has 18 heavy (non-hydrogen) atoms. The van der Waals surface area contributed by atoms with E-state index in [1.165, 1.54) is 19.3 Å². The van der Waals surface area contributed by atoms with Crippen LogP contribution in [0, 0.1) is 5.82 Å². The van der Waals surface area contributed by atoms with Crippen molar-refractivity contribution in [2.75, 3.05) is 18.9 Å². The first-order chi connectivity index (χ1) is 8.56. The lowest BCUT2D eigenvalue weighted by Gasteiger charge is -2.07. The molecule has 6 nitrogen and oxygen atoms in total. The van der Waals surface area contributed by atoms with Gasteiger partial charge in [-0.2, -0.15) is 0 Å². The molecule has 1 aromatic heterocycles. The molecule has 0 radical (unpaired) electrons. The Kier molecular flexibility index (Phi) is 5.04. The molecule has 0 atom stereocenters. The van der Waals surface area contributed by atoms with Gasteiger partial charge in [0, 0.05) is 26.2 Å². The Morgan fingerprint density at radius 1 is 1.50 bits per heavy atom. The number of amides is 2. The summed E-state index contributed by atoms with van der Waals surface area (Å²) in [4.78, 5) is 25.9. The minimum Gasteiger partial charge on any atom is -0.371 e. The molecule has 0 aliphatic carbocycles. The van der Waals surface area contributed by atoms with Crippen LogP contribution in [0.1, 0.15) is 23.2 Å². The zero-order chi connectivity index (χ0) is 13.5. The van der Waals surface area contributed by atoms with Crippen molar-refractivity contribution in [3.63, 3.8) is 0 Å². The van der Waals surface area contributed by atoms with Gasteiger partial charge >= 0.3 is 0 Å². The Labute approximate surface area is 104 Å². The first-order valence-electron chi connectivity index (χ1n) is 5.45. The highest BCUT2D eigenvalue weighted by Crippen LogP contribution is 2.14. The first-order valence-corrected chi connectivity index (χ1v) is 5.45. The van der Waals surface area contributed by atoms with E-state index in [0.717, 1.165) is 0 Å². The van der Waals surface area contributed by atoms with E-state index in [1.807, 2.05) is 0 Å². The van der Waals surface area contributed by atoms with Gasteiger partial charge in [0.1, 0.15) is 0 Å². The van der Waals surface area contributed by atoms with Gasteiger partial charge in [0.2, 0.25) is 5.91 Å². The van der Waals surface area contributed by atoms with Crippen molar-refractivity contribution < 1.29 is 14.0 Å². The van der Waals surface area contributed by atoms with Crippen LogP contribution in [0.2, 0.25) is 0 Å². The maximum Gasteiger partial charge on any atom is 0.254 e. The van der Waals surface area contributed by atoms with Crippen molar-refractivity contribution in [2.24, 2.45) is 5.73 Å². The molecule has 1 aromatic rings. The number of primary amides is 1. The van der Waals surface area contributed by atoms with Crippen LogP contribution in [-0.4, -0.2) is 30.4 Å². The van der Waals surface area contributed by atoms with Gasteiger partial charge in [-0.05, 0) is 12.5 Å². The molecule has 0 unspecified atom stereocenters. The van der Waals surface area contributed by atoms with Crippen LogP contribution in [0.15, 0.2) is 12.3 Å². The molecule has 0 fully saturated rings. The Balaban J connectivity index is 2.59. The molecule has 0 saturated carbocycles. The molecule has 1 rings (SSSR count). The summed E-state index contributed by atoms with van der Waals surface area (Å²) >= 11 is 0. The van der Waals surface area contributed by atoms with Crippen LogP contribution in [0.25, 0.3) is 0 Å². The molecule has 2 amide bonds. The Hall–Kier alpha value is -2.18. The van der Waals surface area contributed by atoms with Crippen molar-refractivity contribution in [3.05, 3.63) is 23.6 Å². The smallest absolute Gasteiger partial charge is 0.254 e. The number of hydrogen-bond acceptors (Lipinski definition) is 4. The van der Waals surface area contributed by atoms with Gasteiger partial charge in [-0.15, -0.1) is 0 Å². The largest absolute Gasteiger partial charge is 0.371 e. The predicted octanol–water partition coefficient (Wildman–Crippen LogP) is 0.258. The molecule has 0 aliphatic heterocycles. The molecule has 0 saturated heterocycles. The monoisotopic (exact) mass is 254 g/mol. The SMILES string of the molecule is CNc1nccc(C(=O)NCCCC(N)=O)c1F.